The lowest BCUT2D eigenvalue weighted by atomic mass is 10.2. The zero-order valence-electron chi connectivity index (χ0n) is 13.4. The van der Waals surface area contributed by atoms with Crippen LogP contribution in [0.3, 0.4) is 0 Å². The number of benzene rings is 2. The molecule has 1 N–H and O–H groups in total. The van der Waals surface area contributed by atoms with Crippen molar-refractivity contribution in [3.05, 3.63) is 42.2 Å². The van der Waals surface area contributed by atoms with Crippen LogP contribution in [-0.4, -0.2) is 23.9 Å². The van der Waals surface area contributed by atoms with Crippen LogP contribution in [0.5, 0.6) is 17.2 Å². The first-order valence-corrected chi connectivity index (χ1v) is 7.54. The fraction of sp³-hybridized carbons (Fsp3) is 0.176. The predicted molar refractivity (Wildman–Crippen MR) is 86.9 cm³/mol. The molecular formula is C17H12F3N3O3. The van der Waals surface area contributed by atoms with Crippen molar-refractivity contribution in [2.24, 2.45) is 0 Å². The molecule has 0 spiro atoms. The highest BCUT2D eigenvalue weighted by atomic mass is 19.4. The molecule has 1 aliphatic heterocycles. The first-order valence-electron chi connectivity index (χ1n) is 7.54. The van der Waals surface area contributed by atoms with Crippen molar-refractivity contribution >= 4 is 22.4 Å². The van der Waals surface area contributed by atoms with Crippen molar-refractivity contribution in [2.75, 3.05) is 19.2 Å². The lowest BCUT2D eigenvalue weighted by Gasteiger charge is -2.13. The molecule has 1 aliphatic rings. The Bertz CT molecular complexity index is 992. The Labute approximate surface area is 145 Å². The van der Waals surface area contributed by atoms with Crippen LogP contribution >= 0.6 is 0 Å². The Kier molecular flexibility index (Phi) is 3.71. The molecule has 0 amide bonds. The quantitative estimate of drug-likeness (QED) is 0.755. The molecule has 6 nitrogen and oxygen atoms in total. The molecule has 134 valence electrons. The molecule has 4 rings (SSSR count). The van der Waals surface area contributed by atoms with E-state index in [1.54, 1.807) is 30.3 Å². The van der Waals surface area contributed by atoms with E-state index < -0.39 is 12.0 Å². The number of aromatic nitrogens is 2. The van der Waals surface area contributed by atoms with Crippen molar-refractivity contribution in [3.63, 3.8) is 0 Å². The number of ether oxygens (including phenoxy) is 3. The summed E-state index contributed by atoms with van der Waals surface area (Å²) >= 11 is 0. The van der Waals surface area contributed by atoms with Gasteiger partial charge in [0.05, 0.1) is 12.6 Å². The summed E-state index contributed by atoms with van der Waals surface area (Å²) in [7, 11) is 1.43. The summed E-state index contributed by atoms with van der Waals surface area (Å²) in [6, 6.07) is 9.62. The monoisotopic (exact) mass is 363 g/mol. The first-order chi connectivity index (χ1) is 12.4. The second-order valence-electron chi connectivity index (χ2n) is 5.47. The maximum atomic E-state index is 13.2. The summed E-state index contributed by atoms with van der Waals surface area (Å²) in [5, 5.41) is 3.33. The summed E-state index contributed by atoms with van der Waals surface area (Å²) in [5.41, 5.74) is 0.633. The van der Waals surface area contributed by atoms with Gasteiger partial charge in [0.15, 0.2) is 11.5 Å². The van der Waals surface area contributed by atoms with Crippen molar-refractivity contribution in [1.29, 1.82) is 0 Å². The molecular weight excluding hydrogens is 351 g/mol. The Morgan fingerprint density at radius 3 is 2.62 bits per heavy atom. The van der Waals surface area contributed by atoms with Gasteiger partial charge in [-0.15, -0.1) is 0 Å². The smallest absolute Gasteiger partial charge is 0.451 e. The summed E-state index contributed by atoms with van der Waals surface area (Å²) < 4.78 is 55.1. The number of hydrogen-bond donors (Lipinski definition) is 1. The van der Waals surface area contributed by atoms with Gasteiger partial charge in [0.1, 0.15) is 11.6 Å². The van der Waals surface area contributed by atoms with Gasteiger partial charge in [-0.25, -0.2) is 9.97 Å². The molecule has 0 fully saturated rings. The third-order valence-electron chi connectivity index (χ3n) is 3.79. The molecule has 3 aromatic rings. The van der Waals surface area contributed by atoms with Gasteiger partial charge in [-0.3, -0.25) is 0 Å². The van der Waals surface area contributed by atoms with Crippen molar-refractivity contribution < 1.29 is 27.4 Å². The summed E-state index contributed by atoms with van der Waals surface area (Å²) in [6.45, 7) is 0.104. The molecule has 0 saturated carbocycles. The van der Waals surface area contributed by atoms with E-state index in [4.69, 9.17) is 14.2 Å². The zero-order chi connectivity index (χ0) is 18.3. The number of methoxy groups -OCH3 is 1. The molecule has 1 aromatic heterocycles. The Morgan fingerprint density at radius 1 is 1.04 bits per heavy atom. The van der Waals surface area contributed by atoms with Gasteiger partial charge >= 0.3 is 6.18 Å². The highest BCUT2D eigenvalue weighted by molar-refractivity contribution is 5.91. The molecule has 0 atom stereocenters. The number of nitrogens with zero attached hydrogens (tertiary/aromatic N) is 2. The minimum absolute atomic E-state index is 0.0313. The van der Waals surface area contributed by atoms with Gasteiger partial charge < -0.3 is 19.5 Å². The van der Waals surface area contributed by atoms with E-state index in [1.807, 2.05) is 0 Å². The highest BCUT2D eigenvalue weighted by Gasteiger charge is 2.35. The maximum Gasteiger partial charge on any atom is 0.451 e. The van der Waals surface area contributed by atoms with E-state index in [0.29, 0.717) is 28.3 Å². The summed E-state index contributed by atoms with van der Waals surface area (Å²) in [5.74, 6) is 0.276. The van der Waals surface area contributed by atoms with Gasteiger partial charge in [-0.2, -0.15) is 13.2 Å². The Balaban J connectivity index is 1.82. The molecule has 0 unspecified atom stereocenters. The lowest BCUT2D eigenvalue weighted by Crippen LogP contribution is -2.12. The highest BCUT2D eigenvalue weighted by Crippen LogP contribution is 2.37. The average Bonchev–Trinajstić information content (AvgIpc) is 3.08. The Morgan fingerprint density at radius 2 is 1.85 bits per heavy atom. The molecule has 26 heavy (non-hydrogen) atoms. The molecule has 9 heteroatoms. The second kappa shape index (κ2) is 5.94. The van der Waals surface area contributed by atoms with Crippen molar-refractivity contribution in [1.82, 2.24) is 9.97 Å². The maximum absolute atomic E-state index is 13.2. The number of halogens is 3. The fourth-order valence-corrected chi connectivity index (χ4v) is 2.57. The zero-order valence-corrected chi connectivity index (χ0v) is 13.4. The third-order valence-corrected chi connectivity index (χ3v) is 3.79. The molecule has 0 radical (unpaired) electrons. The van der Waals surface area contributed by atoms with Crippen LogP contribution < -0.4 is 19.5 Å². The number of anilines is 2. The van der Waals surface area contributed by atoms with E-state index in [0.717, 1.165) is 0 Å². The fourth-order valence-electron chi connectivity index (χ4n) is 2.57. The standard InChI is InChI=1S/C17H12F3N3O3/c1-24-10-3-4-11-12(7-10)22-16(17(18,19)20)23-15(11)21-9-2-5-13-14(6-9)26-8-25-13/h2-7H,8H2,1H3,(H,21,22,23). The minimum atomic E-state index is -4.68. The van der Waals surface area contributed by atoms with E-state index in [9.17, 15) is 13.2 Å². The molecule has 0 saturated heterocycles. The van der Waals surface area contributed by atoms with Crippen LogP contribution in [-0.2, 0) is 6.18 Å². The molecule has 2 aromatic carbocycles. The van der Waals surface area contributed by atoms with Crippen LogP contribution in [0.1, 0.15) is 5.82 Å². The predicted octanol–water partition coefficient (Wildman–Crippen LogP) is 4.13. The van der Waals surface area contributed by atoms with Crippen LogP contribution in [0.15, 0.2) is 36.4 Å². The SMILES string of the molecule is COc1ccc2c(Nc3ccc4c(c3)OCO4)nc(C(F)(F)F)nc2c1. The van der Waals surface area contributed by atoms with Crippen LogP contribution in [0, 0.1) is 0 Å². The number of rotatable bonds is 3. The van der Waals surface area contributed by atoms with E-state index in [2.05, 4.69) is 15.3 Å². The molecule has 0 aliphatic carbocycles. The van der Waals surface area contributed by atoms with Crippen LogP contribution in [0.2, 0.25) is 0 Å². The second-order valence-corrected chi connectivity index (χ2v) is 5.47. The Hall–Kier alpha value is -3.23. The van der Waals surface area contributed by atoms with Gasteiger partial charge in [0.25, 0.3) is 0 Å². The van der Waals surface area contributed by atoms with E-state index in [1.165, 1.54) is 13.2 Å². The van der Waals surface area contributed by atoms with E-state index >= 15 is 0 Å². The number of nitrogens with one attached hydrogen (secondary N) is 1. The number of fused-ring (bicyclic) bond motifs is 2. The van der Waals surface area contributed by atoms with Gasteiger partial charge in [0, 0.05) is 23.2 Å². The van der Waals surface area contributed by atoms with Crippen LogP contribution in [0.4, 0.5) is 24.7 Å². The number of alkyl halides is 3. The molecule has 0 bridgehead atoms. The largest absolute Gasteiger partial charge is 0.497 e. The van der Waals surface area contributed by atoms with Gasteiger partial charge in [0.2, 0.25) is 12.6 Å². The van der Waals surface area contributed by atoms with Crippen molar-refractivity contribution in [2.45, 2.75) is 6.18 Å². The van der Waals surface area contributed by atoms with Gasteiger partial charge in [-0.1, -0.05) is 0 Å². The minimum Gasteiger partial charge on any atom is -0.497 e. The van der Waals surface area contributed by atoms with E-state index in [-0.39, 0.29) is 18.1 Å². The topological polar surface area (TPSA) is 65.5 Å². The van der Waals surface area contributed by atoms with Crippen molar-refractivity contribution in [3.8, 4) is 17.2 Å². The summed E-state index contributed by atoms with van der Waals surface area (Å²) in [4.78, 5) is 7.27. The first kappa shape index (κ1) is 16.2. The lowest BCUT2D eigenvalue weighted by molar-refractivity contribution is -0.144. The number of hydrogen-bond acceptors (Lipinski definition) is 6. The summed E-state index contributed by atoms with van der Waals surface area (Å²) in [6.07, 6.45) is -4.68. The van der Waals surface area contributed by atoms with Gasteiger partial charge in [-0.05, 0) is 24.3 Å². The molecule has 2 heterocycles. The average molecular weight is 363 g/mol. The van der Waals surface area contributed by atoms with Crippen LogP contribution in [0.25, 0.3) is 10.9 Å². The normalized spacial score (nSPS) is 13.1. The third kappa shape index (κ3) is 2.92.